The second-order valence-electron chi connectivity index (χ2n) is 6.81. The first-order valence-electron chi connectivity index (χ1n) is 6.76. The Labute approximate surface area is 110 Å². The molecule has 0 spiro atoms. The fraction of sp³-hybridized carbons (Fsp3) is 1.00. The molecule has 1 atom stereocenters. The Bertz CT molecular complexity index is 400. The van der Waals surface area contributed by atoms with Crippen molar-refractivity contribution in [1.82, 2.24) is 5.32 Å². The van der Waals surface area contributed by atoms with Crippen molar-refractivity contribution < 1.29 is 13.2 Å². The van der Waals surface area contributed by atoms with E-state index < -0.39 is 9.84 Å². The third kappa shape index (κ3) is 3.25. The Balaban J connectivity index is 1.95. The average Bonchev–Trinajstić information content (AvgIpc) is 2.38. The minimum absolute atomic E-state index is 0.0953. The minimum atomic E-state index is -2.77. The van der Waals surface area contributed by atoms with E-state index in [1.807, 2.05) is 0 Å². The van der Waals surface area contributed by atoms with Crippen molar-refractivity contribution in [3.8, 4) is 0 Å². The van der Waals surface area contributed by atoms with Gasteiger partial charge in [-0.1, -0.05) is 0 Å². The number of hydrogen-bond acceptors (Lipinski definition) is 4. The molecule has 18 heavy (non-hydrogen) atoms. The molecular formula is C13H25NO3S. The quantitative estimate of drug-likeness (QED) is 0.830. The van der Waals surface area contributed by atoms with Gasteiger partial charge in [-0.05, 0) is 47.0 Å². The monoisotopic (exact) mass is 275 g/mol. The highest BCUT2D eigenvalue weighted by Crippen LogP contribution is 2.37. The van der Waals surface area contributed by atoms with Crippen LogP contribution in [0.25, 0.3) is 0 Å². The summed E-state index contributed by atoms with van der Waals surface area (Å²) in [6, 6.07) is 0.619. The Morgan fingerprint density at radius 3 is 2.11 bits per heavy atom. The maximum atomic E-state index is 11.4. The van der Waals surface area contributed by atoms with Gasteiger partial charge in [-0.25, -0.2) is 8.42 Å². The predicted molar refractivity (Wildman–Crippen MR) is 72.5 cm³/mol. The molecule has 0 amide bonds. The van der Waals surface area contributed by atoms with Crippen LogP contribution in [0.2, 0.25) is 0 Å². The lowest BCUT2D eigenvalue weighted by atomic mass is 9.93. The van der Waals surface area contributed by atoms with Crippen LogP contribution in [0, 0.1) is 0 Å². The van der Waals surface area contributed by atoms with Crippen LogP contribution in [-0.4, -0.2) is 43.2 Å². The Morgan fingerprint density at radius 1 is 1.11 bits per heavy atom. The third-order valence-electron chi connectivity index (χ3n) is 4.07. The van der Waals surface area contributed by atoms with Crippen LogP contribution in [0.15, 0.2) is 0 Å². The lowest BCUT2D eigenvalue weighted by Gasteiger charge is -2.32. The third-order valence-corrected chi connectivity index (χ3v) is 5.78. The molecule has 4 nitrogen and oxygen atoms in total. The molecule has 0 aromatic rings. The molecule has 0 saturated carbocycles. The van der Waals surface area contributed by atoms with Crippen LogP contribution in [0.3, 0.4) is 0 Å². The zero-order valence-corrected chi connectivity index (χ0v) is 12.6. The summed E-state index contributed by atoms with van der Waals surface area (Å²) in [5, 5.41) is 3.61. The number of ether oxygens (including phenoxy) is 1. The van der Waals surface area contributed by atoms with Gasteiger partial charge in [-0.2, -0.15) is 0 Å². The molecule has 1 N–H and O–H groups in total. The van der Waals surface area contributed by atoms with E-state index in [-0.39, 0.29) is 11.2 Å². The van der Waals surface area contributed by atoms with E-state index in [2.05, 4.69) is 33.0 Å². The summed E-state index contributed by atoms with van der Waals surface area (Å²) in [5.41, 5.74) is -0.276. The van der Waals surface area contributed by atoms with Crippen molar-refractivity contribution in [1.29, 1.82) is 0 Å². The average molecular weight is 275 g/mol. The summed E-state index contributed by atoms with van der Waals surface area (Å²) in [7, 11) is -2.77. The fourth-order valence-electron chi connectivity index (χ4n) is 3.16. The molecular weight excluding hydrogens is 250 g/mol. The summed E-state index contributed by atoms with van der Waals surface area (Å²) in [4.78, 5) is 0. The van der Waals surface area contributed by atoms with Crippen molar-refractivity contribution in [3.63, 3.8) is 0 Å². The zero-order valence-electron chi connectivity index (χ0n) is 11.8. The highest BCUT2D eigenvalue weighted by Gasteiger charge is 2.46. The van der Waals surface area contributed by atoms with Gasteiger partial charge in [-0.15, -0.1) is 0 Å². The SMILES string of the molecule is CC1(C)CC(NC2CCS(=O)(=O)CC2)C(C)(C)O1. The summed E-state index contributed by atoms with van der Waals surface area (Å²) >= 11 is 0. The number of hydrogen-bond donors (Lipinski definition) is 1. The Hall–Kier alpha value is -0.130. The first-order valence-corrected chi connectivity index (χ1v) is 8.58. The minimum Gasteiger partial charge on any atom is -0.368 e. The Morgan fingerprint density at radius 2 is 1.67 bits per heavy atom. The van der Waals surface area contributed by atoms with Gasteiger partial charge < -0.3 is 10.1 Å². The van der Waals surface area contributed by atoms with Crippen LogP contribution >= 0.6 is 0 Å². The van der Waals surface area contributed by atoms with Gasteiger partial charge >= 0.3 is 0 Å². The van der Waals surface area contributed by atoms with Crippen molar-refractivity contribution in [2.75, 3.05) is 11.5 Å². The molecule has 2 heterocycles. The van der Waals surface area contributed by atoms with E-state index in [9.17, 15) is 8.42 Å². The molecule has 0 aliphatic carbocycles. The van der Waals surface area contributed by atoms with E-state index >= 15 is 0 Å². The second-order valence-corrected chi connectivity index (χ2v) is 9.12. The van der Waals surface area contributed by atoms with Gasteiger partial charge in [0.1, 0.15) is 9.84 Å². The summed E-state index contributed by atoms with van der Waals surface area (Å²) in [6.07, 6.45) is 2.44. The molecule has 1 unspecified atom stereocenters. The molecule has 0 radical (unpaired) electrons. The maximum Gasteiger partial charge on any atom is 0.150 e. The standard InChI is InChI=1S/C13H25NO3S/c1-12(2)9-11(13(3,4)17-12)14-10-5-7-18(15,16)8-6-10/h10-11,14H,5-9H2,1-4H3. The van der Waals surface area contributed by atoms with E-state index in [0.29, 0.717) is 23.6 Å². The predicted octanol–water partition coefficient (Wildman–Crippen LogP) is 1.50. The fourth-order valence-corrected chi connectivity index (χ4v) is 4.65. The van der Waals surface area contributed by atoms with Crippen LogP contribution in [0.4, 0.5) is 0 Å². The van der Waals surface area contributed by atoms with Crippen molar-refractivity contribution in [3.05, 3.63) is 0 Å². The van der Waals surface area contributed by atoms with Gasteiger partial charge in [-0.3, -0.25) is 0 Å². The maximum absolute atomic E-state index is 11.4. The molecule has 2 fully saturated rings. The van der Waals surface area contributed by atoms with E-state index in [1.54, 1.807) is 0 Å². The number of nitrogens with one attached hydrogen (secondary N) is 1. The highest BCUT2D eigenvalue weighted by atomic mass is 32.2. The lowest BCUT2D eigenvalue weighted by molar-refractivity contribution is -0.0705. The van der Waals surface area contributed by atoms with Gasteiger partial charge in [0.25, 0.3) is 0 Å². The summed E-state index contributed by atoms with van der Waals surface area (Å²) in [6.45, 7) is 8.45. The molecule has 0 aromatic heterocycles. The van der Waals surface area contributed by atoms with E-state index in [0.717, 1.165) is 19.3 Å². The van der Waals surface area contributed by atoms with Gasteiger partial charge in [0.2, 0.25) is 0 Å². The molecule has 5 heteroatoms. The van der Waals surface area contributed by atoms with Crippen LogP contribution < -0.4 is 5.32 Å². The molecule has 2 rings (SSSR count). The van der Waals surface area contributed by atoms with Crippen molar-refractivity contribution in [2.24, 2.45) is 0 Å². The molecule has 2 aliphatic rings. The first kappa shape index (κ1) is 14.3. The topological polar surface area (TPSA) is 55.4 Å². The summed E-state index contributed by atoms with van der Waals surface area (Å²) < 4.78 is 28.9. The highest BCUT2D eigenvalue weighted by molar-refractivity contribution is 7.91. The largest absolute Gasteiger partial charge is 0.368 e. The molecule has 106 valence electrons. The van der Waals surface area contributed by atoms with Gasteiger partial charge in [0, 0.05) is 12.1 Å². The van der Waals surface area contributed by atoms with Crippen molar-refractivity contribution >= 4 is 9.84 Å². The van der Waals surface area contributed by atoms with Gasteiger partial charge in [0.15, 0.2) is 0 Å². The number of rotatable bonds is 2. The van der Waals surface area contributed by atoms with Crippen LogP contribution in [0.5, 0.6) is 0 Å². The lowest BCUT2D eigenvalue weighted by Crippen LogP contribution is -2.50. The molecule has 0 bridgehead atoms. The normalized spacial score (nSPS) is 34.6. The molecule has 2 aliphatic heterocycles. The van der Waals surface area contributed by atoms with E-state index in [4.69, 9.17) is 4.74 Å². The molecule has 2 saturated heterocycles. The van der Waals surface area contributed by atoms with Crippen LogP contribution in [-0.2, 0) is 14.6 Å². The molecule has 0 aromatic carbocycles. The second kappa shape index (κ2) is 4.46. The first-order chi connectivity index (χ1) is 8.10. The van der Waals surface area contributed by atoms with E-state index in [1.165, 1.54) is 0 Å². The Kier molecular flexibility index (Phi) is 3.54. The number of sulfone groups is 1. The zero-order chi connectivity index (χ0) is 13.6. The smallest absolute Gasteiger partial charge is 0.150 e. The van der Waals surface area contributed by atoms with Gasteiger partial charge in [0.05, 0.1) is 22.7 Å². The van der Waals surface area contributed by atoms with Crippen molar-refractivity contribution in [2.45, 2.75) is 70.2 Å². The van der Waals surface area contributed by atoms with Crippen LogP contribution in [0.1, 0.15) is 47.0 Å². The summed E-state index contributed by atoms with van der Waals surface area (Å²) in [5.74, 6) is 0.643.